The van der Waals surface area contributed by atoms with E-state index >= 15 is 0 Å². The first-order valence-electron chi connectivity index (χ1n) is 1.49. The second-order valence-electron chi connectivity index (χ2n) is 1.17. The molecule has 0 heterocycles. The molecule has 0 radical (unpaired) electrons. The molecule has 0 bridgehead atoms. The molecule has 2 N–H and O–H groups in total. The Kier molecular flexibility index (Phi) is 1.18. The van der Waals surface area contributed by atoms with Crippen LogP contribution in [0.1, 0.15) is 6.92 Å². The zero-order valence-electron chi connectivity index (χ0n) is 3.47. The summed E-state index contributed by atoms with van der Waals surface area (Å²) in [6, 6.07) is 0. The number of rotatable bonds is 0. The number of terminal acetylenes is 1. The highest BCUT2D eigenvalue weighted by Gasteiger charge is 2.06. The van der Waals surface area contributed by atoms with Gasteiger partial charge in [0.05, 0.1) is 0 Å². The van der Waals surface area contributed by atoms with E-state index in [1.807, 2.05) is 0 Å². The fourth-order valence-electron chi connectivity index (χ4n) is 0. The second kappa shape index (κ2) is 1.29. The number of hydrogen-bond donors (Lipinski definition) is 2. The van der Waals surface area contributed by atoms with E-state index in [2.05, 4.69) is 6.42 Å². The quantitative estimate of drug-likeness (QED) is 0.303. The van der Waals surface area contributed by atoms with Crippen LogP contribution in [-0.4, -0.2) is 16.0 Å². The Morgan fingerprint density at radius 2 is 1.83 bits per heavy atom. The van der Waals surface area contributed by atoms with Crippen LogP contribution in [0.3, 0.4) is 0 Å². The summed E-state index contributed by atoms with van der Waals surface area (Å²) in [6.07, 6.45) is 4.56. The molecule has 0 atom stereocenters. The third-order valence-electron chi connectivity index (χ3n) is 0.273. The first-order chi connectivity index (χ1) is 2.56. The van der Waals surface area contributed by atoms with Crippen LogP contribution < -0.4 is 0 Å². The zero-order chi connectivity index (χ0) is 5.21. The van der Waals surface area contributed by atoms with Crippen molar-refractivity contribution in [2.75, 3.05) is 0 Å². The molecule has 2 heteroatoms. The summed E-state index contributed by atoms with van der Waals surface area (Å²) in [7, 11) is 0. The molecule has 2 nitrogen and oxygen atoms in total. The summed E-state index contributed by atoms with van der Waals surface area (Å²) in [6.45, 7) is 1.12. The van der Waals surface area contributed by atoms with Crippen molar-refractivity contribution in [2.24, 2.45) is 0 Å². The van der Waals surface area contributed by atoms with Gasteiger partial charge in [-0.2, -0.15) is 0 Å². The minimum absolute atomic E-state index is 1.12. The molecule has 0 saturated carbocycles. The van der Waals surface area contributed by atoms with Gasteiger partial charge in [0, 0.05) is 6.92 Å². The molecule has 0 aliphatic carbocycles. The largest absolute Gasteiger partial charge is 0.356 e. The average molecular weight is 86.1 g/mol. The maximum absolute atomic E-state index is 8.15. The summed E-state index contributed by atoms with van der Waals surface area (Å²) >= 11 is 0. The molecule has 0 aliphatic heterocycles. The Balaban J connectivity index is 3.55. The summed E-state index contributed by atoms with van der Waals surface area (Å²) in [5.74, 6) is -0.215. The van der Waals surface area contributed by atoms with Crippen molar-refractivity contribution in [1.29, 1.82) is 0 Å². The third-order valence-corrected chi connectivity index (χ3v) is 0.273. The van der Waals surface area contributed by atoms with Crippen LogP contribution in [0, 0.1) is 12.3 Å². The molecule has 0 fully saturated rings. The molecule has 0 aromatic carbocycles. The first-order valence-corrected chi connectivity index (χ1v) is 1.49. The second-order valence-corrected chi connectivity index (χ2v) is 1.17. The molecular formula is C4H6O2. The van der Waals surface area contributed by atoms with Crippen LogP contribution in [0.25, 0.3) is 0 Å². The van der Waals surface area contributed by atoms with Gasteiger partial charge in [0.1, 0.15) is 0 Å². The van der Waals surface area contributed by atoms with Gasteiger partial charge in [-0.3, -0.25) is 0 Å². The van der Waals surface area contributed by atoms with Gasteiger partial charge < -0.3 is 10.2 Å². The molecule has 0 spiro atoms. The van der Waals surface area contributed by atoms with E-state index in [9.17, 15) is 0 Å². The van der Waals surface area contributed by atoms with Gasteiger partial charge >= 0.3 is 0 Å². The molecular weight excluding hydrogens is 80.0 g/mol. The first kappa shape index (κ1) is 5.48. The van der Waals surface area contributed by atoms with E-state index in [0.717, 1.165) is 6.92 Å². The van der Waals surface area contributed by atoms with Crippen molar-refractivity contribution in [1.82, 2.24) is 0 Å². The lowest BCUT2D eigenvalue weighted by atomic mass is 10.4. The summed E-state index contributed by atoms with van der Waals surface area (Å²) in [5.41, 5.74) is 0. The Labute approximate surface area is 36.4 Å². The van der Waals surface area contributed by atoms with Gasteiger partial charge in [-0.05, 0) is 5.92 Å². The van der Waals surface area contributed by atoms with E-state index in [-0.39, 0.29) is 0 Å². The third kappa shape index (κ3) is 3.48. The molecule has 6 heavy (non-hydrogen) atoms. The normalized spacial score (nSPS) is 10.3. The van der Waals surface area contributed by atoms with Crippen molar-refractivity contribution < 1.29 is 10.2 Å². The molecule has 0 saturated heterocycles. The predicted molar refractivity (Wildman–Crippen MR) is 21.7 cm³/mol. The molecule has 0 rings (SSSR count). The van der Waals surface area contributed by atoms with E-state index < -0.39 is 5.79 Å². The lowest BCUT2D eigenvalue weighted by Crippen LogP contribution is -2.18. The summed E-state index contributed by atoms with van der Waals surface area (Å²) in [4.78, 5) is 0. The molecule has 0 unspecified atom stereocenters. The lowest BCUT2D eigenvalue weighted by Gasteiger charge is -2.02. The highest BCUT2D eigenvalue weighted by Crippen LogP contribution is 1.88. The van der Waals surface area contributed by atoms with E-state index in [0.29, 0.717) is 0 Å². The monoisotopic (exact) mass is 86.0 g/mol. The van der Waals surface area contributed by atoms with Crippen molar-refractivity contribution in [3.05, 3.63) is 0 Å². The standard InChI is InChI=1S/C4H6O2/c1-3-4(2,5)6/h1,5-6H,2H3. The van der Waals surface area contributed by atoms with Crippen molar-refractivity contribution >= 4 is 0 Å². The van der Waals surface area contributed by atoms with Gasteiger partial charge in [-0.15, -0.1) is 6.42 Å². The summed E-state index contributed by atoms with van der Waals surface area (Å²) in [5, 5.41) is 16.3. The van der Waals surface area contributed by atoms with Crippen LogP contribution in [0.15, 0.2) is 0 Å². The Bertz CT molecular complexity index is 72.5. The fraction of sp³-hybridized carbons (Fsp3) is 0.500. The van der Waals surface area contributed by atoms with Crippen molar-refractivity contribution in [3.8, 4) is 12.3 Å². The average Bonchev–Trinajstić information content (AvgIpc) is 1.35. The molecule has 34 valence electrons. The zero-order valence-corrected chi connectivity index (χ0v) is 3.47. The Morgan fingerprint density at radius 1 is 1.67 bits per heavy atom. The van der Waals surface area contributed by atoms with Crippen LogP contribution in [0.5, 0.6) is 0 Å². The molecule has 0 aliphatic rings. The van der Waals surface area contributed by atoms with Crippen LogP contribution >= 0.6 is 0 Å². The van der Waals surface area contributed by atoms with Gasteiger partial charge in [-0.1, -0.05) is 0 Å². The van der Waals surface area contributed by atoms with Gasteiger partial charge in [0.15, 0.2) is 0 Å². The minimum Gasteiger partial charge on any atom is -0.356 e. The lowest BCUT2D eigenvalue weighted by molar-refractivity contribution is -0.0913. The SMILES string of the molecule is C#CC(C)(O)O. The van der Waals surface area contributed by atoms with Gasteiger partial charge in [-0.25, -0.2) is 0 Å². The Hall–Kier alpha value is -0.520. The van der Waals surface area contributed by atoms with Gasteiger partial charge in [0.25, 0.3) is 0 Å². The van der Waals surface area contributed by atoms with Gasteiger partial charge in [0.2, 0.25) is 5.79 Å². The van der Waals surface area contributed by atoms with Crippen LogP contribution in [-0.2, 0) is 0 Å². The topological polar surface area (TPSA) is 40.5 Å². The van der Waals surface area contributed by atoms with E-state index in [1.165, 1.54) is 0 Å². The number of hydrogen-bond acceptors (Lipinski definition) is 2. The smallest absolute Gasteiger partial charge is 0.225 e. The molecule has 0 aromatic heterocycles. The van der Waals surface area contributed by atoms with E-state index in [1.54, 1.807) is 5.92 Å². The van der Waals surface area contributed by atoms with Crippen molar-refractivity contribution in [2.45, 2.75) is 12.7 Å². The van der Waals surface area contributed by atoms with E-state index in [4.69, 9.17) is 10.2 Å². The highest BCUT2D eigenvalue weighted by molar-refractivity contribution is 4.95. The number of aliphatic hydroxyl groups is 2. The summed E-state index contributed by atoms with van der Waals surface area (Å²) < 4.78 is 0. The van der Waals surface area contributed by atoms with Crippen LogP contribution in [0.2, 0.25) is 0 Å². The Morgan fingerprint density at radius 3 is 1.83 bits per heavy atom. The maximum atomic E-state index is 8.15. The molecule has 0 amide bonds. The van der Waals surface area contributed by atoms with Crippen LogP contribution in [0.4, 0.5) is 0 Å². The highest BCUT2D eigenvalue weighted by atomic mass is 16.5. The predicted octanol–water partition coefficient (Wildman–Crippen LogP) is -0.680. The maximum Gasteiger partial charge on any atom is 0.225 e. The minimum atomic E-state index is -1.93. The molecule has 0 aromatic rings. The van der Waals surface area contributed by atoms with Crippen molar-refractivity contribution in [3.63, 3.8) is 0 Å². The fourth-order valence-corrected chi connectivity index (χ4v) is 0.